The molecule has 0 unspecified atom stereocenters. The number of hydrogen-bond donors (Lipinski definition) is 2. The second-order valence-corrected chi connectivity index (χ2v) is 3.73. The van der Waals surface area contributed by atoms with Gasteiger partial charge in [0, 0.05) is 5.56 Å². The molecule has 2 aromatic rings. The van der Waals surface area contributed by atoms with Crippen molar-refractivity contribution in [2.24, 2.45) is 0 Å². The number of hydrogen-bond acceptors (Lipinski definition) is 4. The van der Waals surface area contributed by atoms with E-state index >= 15 is 0 Å². The van der Waals surface area contributed by atoms with E-state index in [1.165, 1.54) is 30.9 Å². The average Bonchev–Trinajstić information content (AvgIpc) is 2.46. The monoisotopic (exact) mass is 271 g/mol. The summed E-state index contributed by atoms with van der Waals surface area (Å²) < 4.78 is 13.2. The Labute approximate surface area is 114 Å². The van der Waals surface area contributed by atoms with Crippen LogP contribution >= 0.6 is 0 Å². The van der Waals surface area contributed by atoms with E-state index in [0.717, 1.165) is 6.07 Å². The highest BCUT2D eigenvalue weighted by Gasteiger charge is 2.11. The minimum Gasteiger partial charge on any atom is -0.384 e. The van der Waals surface area contributed by atoms with Gasteiger partial charge in [-0.2, -0.15) is 0 Å². The van der Waals surface area contributed by atoms with Crippen molar-refractivity contribution >= 4 is 11.6 Å². The molecule has 2 N–H and O–H groups in total. The number of aromatic nitrogens is 2. The van der Waals surface area contributed by atoms with Crippen LogP contribution in [0.3, 0.4) is 0 Å². The quantitative estimate of drug-likeness (QED) is 0.805. The van der Waals surface area contributed by atoms with E-state index in [-0.39, 0.29) is 17.7 Å². The van der Waals surface area contributed by atoms with E-state index < -0.39 is 11.7 Å². The molecule has 0 fully saturated rings. The van der Waals surface area contributed by atoms with E-state index in [2.05, 4.69) is 27.1 Å². The molecule has 0 aliphatic rings. The topological polar surface area (TPSA) is 75.1 Å². The molecule has 0 saturated carbocycles. The third kappa shape index (κ3) is 3.37. The van der Waals surface area contributed by atoms with Crippen molar-refractivity contribution in [2.45, 2.75) is 0 Å². The molecule has 100 valence electrons. The molecular formula is C14H10FN3O2. The van der Waals surface area contributed by atoms with Crippen LogP contribution in [-0.4, -0.2) is 27.6 Å². The fraction of sp³-hybridized carbons (Fsp3) is 0.0714. The molecule has 0 aliphatic carbocycles. The van der Waals surface area contributed by atoms with E-state index in [4.69, 9.17) is 5.11 Å². The lowest BCUT2D eigenvalue weighted by atomic mass is 10.1. The Morgan fingerprint density at radius 3 is 2.80 bits per heavy atom. The second kappa shape index (κ2) is 6.41. The van der Waals surface area contributed by atoms with Crippen molar-refractivity contribution < 1.29 is 14.3 Å². The van der Waals surface area contributed by atoms with Crippen molar-refractivity contribution in [2.75, 3.05) is 11.9 Å². The summed E-state index contributed by atoms with van der Waals surface area (Å²) in [6.45, 7) is -0.371. The molecule has 2 rings (SSSR count). The number of amides is 1. The molecule has 0 spiro atoms. The van der Waals surface area contributed by atoms with Crippen molar-refractivity contribution in [1.29, 1.82) is 0 Å². The first-order valence-corrected chi connectivity index (χ1v) is 5.66. The summed E-state index contributed by atoms with van der Waals surface area (Å²) in [6, 6.07) is 3.63. The molecule has 0 saturated heterocycles. The summed E-state index contributed by atoms with van der Waals surface area (Å²) in [6.07, 6.45) is 4.21. The number of aliphatic hydroxyl groups is 1. The summed E-state index contributed by atoms with van der Waals surface area (Å²) in [5.41, 5.74) is 0.826. The van der Waals surface area contributed by atoms with Crippen LogP contribution in [0.1, 0.15) is 15.9 Å². The first-order chi connectivity index (χ1) is 9.70. The smallest absolute Gasteiger partial charge is 0.257 e. The predicted molar refractivity (Wildman–Crippen MR) is 70.3 cm³/mol. The number of carbonyl (C=O) groups is 1. The summed E-state index contributed by atoms with van der Waals surface area (Å²) in [5.74, 6) is 3.96. The number of halogens is 1. The Balaban J connectivity index is 2.30. The minimum absolute atomic E-state index is 0.202. The summed E-state index contributed by atoms with van der Waals surface area (Å²) in [5, 5.41) is 11.3. The van der Waals surface area contributed by atoms with Gasteiger partial charge in [0.25, 0.3) is 5.91 Å². The van der Waals surface area contributed by atoms with Crippen LogP contribution in [0.15, 0.2) is 36.9 Å². The number of aliphatic hydroxyl groups excluding tert-OH is 1. The maximum atomic E-state index is 13.2. The third-order valence-corrected chi connectivity index (χ3v) is 2.35. The van der Waals surface area contributed by atoms with Gasteiger partial charge in [-0.25, -0.2) is 14.4 Å². The zero-order valence-electron chi connectivity index (χ0n) is 10.3. The summed E-state index contributed by atoms with van der Waals surface area (Å²) in [4.78, 5) is 19.6. The number of rotatable bonds is 2. The molecule has 1 heterocycles. The van der Waals surface area contributed by atoms with E-state index in [1.54, 1.807) is 0 Å². The van der Waals surface area contributed by atoms with Gasteiger partial charge in [0.2, 0.25) is 0 Å². The standard InChI is InChI=1S/C14H10FN3O2/c15-11-3-4-13(10(6-11)2-1-5-19)14(20)18-12-7-16-9-17-8-12/h3-4,6-9,19H,5H2,(H,18,20). The molecule has 6 heteroatoms. The first kappa shape index (κ1) is 13.6. The molecule has 5 nitrogen and oxygen atoms in total. The van der Waals surface area contributed by atoms with Crippen LogP contribution in [0.2, 0.25) is 0 Å². The largest absolute Gasteiger partial charge is 0.384 e. The zero-order chi connectivity index (χ0) is 14.4. The first-order valence-electron chi connectivity index (χ1n) is 5.66. The van der Waals surface area contributed by atoms with Crippen LogP contribution in [-0.2, 0) is 0 Å². The Kier molecular flexibility index (Phi) is 4.37. The van der Waals surface area contributed by atoms with Crippen LogP contribution in [0.5, 0.6) is 0 Å². The highest BCUT2D eigenvalue weighted by Crippen LogP contribution is 2.13. The zero-order valence-corrected chi connectivity index (χ0v) is 10.3. The van der Waals surface area contributed by atoms with Gasteiger partial charge in [-0.05, 0) is 18.2 Å². The molecule has 1 amide bonds. The Morgan fingerprint density at radius 2 is 2.10 bits per heavy atom. The summed E-state index contributed by atoms with van der Waals surface area (Å²) >= 11 is 0. The summed E-state index contributed by atoms with van der Waals surface area (Å²) in [7, 11) is 0. The van der Waals surface area contributed by atoms with Gasteiger partial charge in [-0.3, -0.25) is 4.79 Å². The van der Waals surface area contributed by atoms with Gasteiger partial charge in [0.1, 0.15) is 18.8 Å². The highest BCUT2D eigenvalue weighted by atomic mass is 19.1. The van der Waals surface area contributed by atoms with Crippen molar-refractivity contribution in [3.63, 3.8) is 0 Å². The number of anilines is 1. The van der Waals surface area contributed by atoms with Gasteiger partial charge in [-0.15, -0.1) is 0 Å². The van der Waals surface area contributed by atoms with Crippen LogP contribution in [0.4, 0.5) is 10.1 Å². The number of nitrogens with zero attached hydrogens (tertiary/aromatic N) is 2. The maximum Gasteiger partial charge on any atom is 0.257 e. The molecule has 20 heavy (non-hydrogen) atoms. The maximum absolute atomic E-state index is 13.2. The molecule has 0 atom stereocenters. The molecule has 0 radical (unpaired) electrons. The van der Waals surface area contributed by atoms with Crippen LogP contribution < -0.4 is 5.32 Å². The number of nitrogens with one attached hydrogen (secondary N) is 1. The number of carbonyl (C=O) groups excluding carboxylic acids is 1. The van der Waals surface area contributed by atoms with Gasteiger partial charge in [0.15, 0.2) is 0 Å². The lowest BCUT2D eigenvalue weighted by Gasteiger charge is -2.06. The molecule has 1 aromatic carbocycles. The lowest BCUT2D eigenvalue weighted by Crippen LogP contribution is -2.14. The fourth-order valence-corrected chi connectivity index (χ4v) is 1.51. The Hall–Kier alpha value is -2.78. The lowest BCUT2D eigenvalue weighted by molar-refractivity contribution is 0.102. The minimum atomic E-state index is -0.508. The van der Waals surface area contributed by atoms with Crippen molar-refractivity contribution in [3.05, 3.63) is 53.9 Å². The van der Waals surface area contributed by atoms with Crippen molar-refractivity contribution in [1.82, 2.24) is 9.97 Å². The van der Waals surface area contributed by atoms with E-state index in [0.29, 0.717) is 5.69 Å². The van der Waals surface area contributed by atoms with Gasteiger partial charge >= 0.3 is 0 Å². The fourth-order valence-electron chi connectivity index (χ4n) is 1.51. The normalized spacial score (nSPS) is 9.50. The van der Waals surface area contributed by atoms with E-state index in [1.807, 2.05) is 0 Å². The molecular weight excluding hydrogens is 261 g/mol. The predicted octanol–water partition coefficient (Wildman–Crippen LogP) is 1.21. The molecule has 1 aromatic heterocycles. The Morgan fingerprint density at radius 1 is 1.35 bits per heavy atom. The second-order valence-electron chi connectivity index (χ2n) is 3.73. The SMILES string of the molecule is O=C(Nc1cncnc1)c1ccc(F)cc1C#CCO. The number of benzene rings is 1. The van der Waals surface area contributed by atoms with Gasteiger partial charge in [-0.1, -0.05) is 11.8 Å². The van der Waals surface area contributed by atoms with E-state index in [9.17, 15) is 9.18 Å². The third-order valence-electron chi connectivity index (χ3n) is 2.35. The van der Waals surface area contributed by atoms with Gasteiger partial charge < -0.3 is 10.4 Å². The Bertz CT molecular complexity index is 678. The van der Waals surface area contributed by atoms with Crippen LogP contribution in [0.25, 0.3) is 0 Å². The van der Waals surface area contributed by atoms with Gasteiger partial charge in [0.05, 0.1) is 23.6 Å². The highest BCUT2D eigenvalue weighted by molar-refractivity contribution is 6.05. The molecule has 0 bridgehead atoms. The average molecular weight is 271 g/mol. The van der Waals surface area contributed by atoms with Crippen LogP contribution in [0, 0.1) is 17.7 Å². The molecule has 0 aliphatic heterocycles. The van der Waals surface area contributed by atoms with Crippen molar-refractivity contribution in [3.8, 4) is 11.8 Å².